The Hall–Kier alpha value is -1.24. The average Bonchev–Trinajstić information content (AvgIpc) is 2.84. The Morgan fingerprint density at radius 3 is 2.35 bits per heavy atom. The molecule has 0 aromatic heterocycles. The monoisotopic (exact) mass is 364 g/mol. The van der Waals surface area contributed by atoms with Gasteiger partial charge in [0.05, 0.1) is 18.1 Å². The highest BCUT2D eigenvalue weighted by Crippen LogP contribution is 2.74. The number of rotatable bonds is 0. The highest BCUT2D eigenvalue weighted by Gasteiger charge is 2.80. The molecular weight excluding hydrogens is 336 g/mol. The summed E-state index contributed by atoms with van der Waals surface area (Å²) in [7, 11) is 0. The minimum absolute atomic E-state index is 0.222. The Morgan fingerprint density at radius 2 is 1.73 bits per heavy atom. The van der Waals surface area contributed by atoms with Crippen molar-refractivity contribution < 1.29 is 29.6 Å². The van der Waals surface area contributed by atoms with Crippen LogP contribution in [-0.4, -0.2) is 51.5 Å². The van der Waals surface area contributed by atoms with Crippen LogP contribution in [0.3, 0.4) is 0 Å². The van der Waals surface area contributed by atoms with E-state index >= 15 is 0 Å². The second-order valence-electron chi connectivity index (χ2n) is 9.45. The summed E-state index contributed by atoms with van der Waals surface area (Å²) in [5, 5.41) is 33.0. The summed E-state index contributed by atoms with van der Waals surface area (Å²) in [6.45, 7) is 9.17. The first-order valence-corrected chi connectivity index (χ1v) is 9.40. The first-order valence-electron chi connectivity index (χ1n) is 9.40. The van der Waals surface area contributed by atoms with Crippen molar-refractivity contribution in [3.8, 4) is 0 Å². The Kier molecular flexibility index (Phi) is 3.47. The lowest BCUT2D eigenvalue weighted by Crippen LogP contribution is -2.76. The number of hydrogen-bond donors (Lipinski definition) is 3. The van der Waals surface area contributed by atoms with Crippen LogP contribution >= 0.6 is 0 Å². The molecule has 10 atom stereocenters. The van der Waals surface area contributed by atoms with E-state index in [1.54, 1.807) is 6.92 Å². The molecule has 4 aliphatic rings. The van der Waals surface area contributed by atoms with E-state index in [2.05, 4.69) is 0 Å². The second-order valence-corrected chi connectivity index (χ2v) is 9.45. The van der Waals surface area contributed by atoms with Crippen LogP contribution < -0.4 is 0 Å². The largest absolute Gasteiger partial charge is 0.461 e. The van der Waals surface area contributed by atoms with E-state index in [1.165, 1.54) is 6.08 Å². The van der Waals surface area contributed by atoms with Crippen LogP contribution in [-0.2, 0) is 14.3 Å². The molecule has 0 spiro atoms. The quantitative estimate of drug-likeness (QED) is 0.550. The first-order chi connectivity index (χ1) is 11.9. The standard InChI is InChI=1S/C20H28O6/c1-8-6-11(21)15(23)18(3)10(8)7-12-19(4)13(17(25)26-12)9(2)14(22)16(24)20(18,19)5/h6,9-10,12-16,22-24H,7H2,1-5H3/t9-,10+,12-,13-,14-,15-,16+,18-,19+,20-/m1/s1. The molecule has 0 unspecified atom stereocenters. The number of allylic oxidation sites excluding steroid dienone is 1. The summed E-state index contributed by atoms with van der Waals surface area (Å²) >= 11 is 0. The van der Waals surface area contributed by atoms with Crippen molar-refractivity contribution in [2.75, 3.05) is 0 Å². The van der Waals surface area contributed by atoms with Crippen molar-refractivity contribution in [3.05, 3.63) is 11.6 Å². The van der Waals surface area contributed by atoms with E-state index in [0.29, 0.717) is 6.42 Å². The van der Waals surface area contributed by atoms with Gasteiger partial charge in [0.25, 0.3) is 0 Å². The molecule has 0 bridgehead atoms. The predicted octanol–water partition coefficient (Wildman–Crippen LogP) is 0.828. The lowest BCUT2D eigenvalue weighted by Gasteiger charge is -2.70. The van der Waals surface area contributed by atoms with Gasteiger partial charge < -0.3 is 20.1 Å². The Morgan fingerprint density at radius 1 is 1.12 bits per heavy atom. The zero-order valence-electron chi connectivity index (χ0n) is 15.9. The third-order valence-electron chi connectivity index (χ3n) is 8.98. The fourth-order valence-corrected chi connectivity index (χ4v) is 7.19. The van der Waals surface area contributed by atoms with Gasteiger partial charge in [-0.2, -0.15) is 0 Å². The molecule has 26 heavy (non-hydrogen) atoms. The van der Waals surface area contributed by atoms with Gasteiger partial charge in [0.2, 0.25) is 0 Å². The zero-order valence-corrected chi connectivity index (χ0v) is 15.9. The topological polar surface area (TPSA) is 104 Å². The molecule has 144 valence electrons. The molecule has 3 N–H and O–H groups in total. The number of aliphatic hydroxyl groups excluding tert-OH is 3. The number of ether oxygens (including phenoxy) is 1. The van der Waals surface area contributed by atoms with Crippen LogP contribution in [0, 0.1) is 34.0 Å². The minimum atomic E-state index is -1.30. The van der Waals surface area contributed by atoms with Gasteiger partial charge in [-0.3, -0.25) is 9.59 Å². The maximum atomic E-state index is 12.7. The van der Waals surface area contributed by atoms with E-state index in [1.807, 2.05) is 27.7 Å². The highest BCUT2D eigenvalue weighted by molar-refractivity contribution is 5.96. The van der Waals surface area contributed by atoms with Crippen LogP contribution in [0.4, 0.5) is 0 Å². The molecule has 1 aliphatic heterocycles. The summed E-state index contributed by atoms with van der Waals surface area (Å²) in [5.74, 6) is -2.01. The summed E-state index contributed by atoms with van der Waals surface area (Å²) in [6, 6.07) is 0. The molecule has 6 nitrogen and oxygen atoms in total. The third-order valence-corrected chi connectivity index (χ3v) is 8.98. The Labute approximate surface area is 153 Å². The molecule has 2 saturated carbocycles. The SMILES string of the molecule is CC1=CC(=O)[C@@H](O)[C@@]2(C)[C@H]1C[C@H]1OC(=O)[C@H]3[C@@H](C)[C@@H](O)[C@H](O)[C@@]2(C)[C@@]13C. The lowest BCUT2D eigenvalue weighted by atomic mass is 9.33. The van der Waals surface area contributed by atoms with Crippen molar-refractivity contribution >= 4 is 11.8 Å². The molecule has 1 saturated heterocycles. The Bertz CT molecular complexity index is 730. The van der Waals surface area contributed by atoms with Gasteiger partial charge in [-0.05, 0) is 31.3 Å². The number of hydrogen-bond acceptors (Lipinski definition) is 6. The summed E-state index contributed by atoms with van der Waals surface area (Å²) < 4.78 is 5.76. The normalized spacial score (nSPS) is 58.6. The summed E-state index contributed by atoms with van der Waals surface area (Å²) in [5.41, 5.74) is -2.06. The third kappa shape index (κ3) is 1.57. The van der Waals surface area contributed by atoms with Gasteiger partial charge in [0, 0.05) is 16.2 Å². The van der Waals surface area contributed by atoms with Gasteiger partial charge in [-0.25, -0.2) is 0 Å². The number of aliphatic hydroxyl groups is 3. The van der Waals surface area contributed by atoms with Gasteiger partial charge in [0.1, 0.15) is 12.2 Å². The first kappa shape index (κ1) is 18.1. The molecule has 3 aliphatic carbocycles. The maximum absolute atomic E-state index is 12.7. The fourth-order valence-electron chi connectivity index (χ4n) is 7.19. The predicted molar refractivity (Wildman–Crippen MR) is 91.7 cm³/mol. The number of carbonyl (C=O) groups is 2. The van der Waals surface area contributed by atoms with Crippen LogP contribution in [0.5, 0.6) is 0 Å². The van der Waals surface area contributed by atoms with E-state index in [-0.39, 0.29) is 17.7 Å². The Balaban J connectivity index is 2.03. The number of esters is 1. The molecule has 3 fully saturated rings. The smallest absolute Gasteiger partial charge is 0.310 e. The molecule has 6 heteroatoms. The van der Waals surface area contributed by atoms with Crippen molar-refractivity contribution in [2.45, 2.75) is 65.5 Å². The van der Waals surface area contributed by atoms with Crippen LogP contribution in [0.2, 0.25) is 0 Å². The molecule has 0 radical (unpaired) electrons. The van der Waals surface area contributed by atoms with Gasteiger partial charge in [-0.1, -0.05) is 33.3 Å². The van der Waals surface area contributed by atoms with E-state index in [4.69, 9.17) is 4.74 Å². The molecule has 0 aromatic rings. The van der Waals surface area contributed by atoms with Crippen molar-refractivity contribution in [1.29, 1.82) is 0 Å². The number of fused-ring (bicyclic) bond motifs is 2. The van der Waals surface area contributed by atoms with Crippen LogP contribution in [0.15, 0.2) is 11.6 Å². The van der Waals surface area contributed by atoms with Crippen molar-refractivity contribution in [3.63, 3.8) is 0 Å². The second kappa shape index (κ2) is 4.97. The van der Waals surface area contributed by atoms with E-state index in [9.17, 15) is 24.9 Å². The van der Waals surface area contributed by atoms with Gasteiger partial charge in [-0.15, -0.1) is 0 Å². The average molecular weight is 364 g/mol. The molecular formula is C20H28O6. The van der Waals surface area contributed by atoms with Crippen molar-refractivity contribution in [2.24, 2.45) is 34.0 Å². The zero-order chi connectivity index (χ0) is 19.4. The highest BCUT2D eigenvalue weighted by atomic mass is 16.6. The molecule has 4 rings (SSSR count). The molecule has 0 aromatic carbocycles. The fraction of sp³-hybridized carbons (Fsp3) is 0.800. The molecule has 1 heterocycles. The maximum Gasteiger partial charge on any atom is 0.310 e. The van der Waals surface area contributed by atoms with E-state index < -0.39 is 52.5 Å². The van der Waals surface area contributed by atoms with Gasteiger partial charge >= 0.3 is 5.97 Å². The summed E-state index contributed by atoms with van der Waals surface area (Å²) in [6.07, 6.45) is -2.06. The van der Waals surface area contributed by atoms with Crippen LogP contribution in [0.25, 0.3) is 0 Å². The molecule has 0 amide bonds. The van der Waals surface area contributed by atoms with Crippen molar-refractivity contribution in [1.82, 2.24) is 0 Å². The summed E-state index contributed by atoms with van der Waals surface area (Å²) in [4.78, 5) is 25.3. The number of ketones is 1. The van der Waals surface area contributed by atoms with Crippen LogP contribution in [0.1, 0.15) is 41.0 Å². The van der Waals surface area contributed by atoms with Gasteiger partial charge in [0.15, 0.2) is 5.78 Å². The minimum Gasteiger partial charge on any atom is -0.461 e. The van der Waals surface area contributed by atoms with E-state index in [0.717, 1.165) is 5.57 Å². The number of carbonyl (C=O) groups excluding carboxylic acids is 2. The lowest BCUT2D eigenvalue weighted by molar-refractivity contribution is -0.294.